The molecule has 7 nitrogen and oxygen atoms in total. The fraction of sp³-hybridized carbons (Fsp3) is 0.950. The molecule has 0 bridgehead atoms. The smallest absolute Gasteiger partial charge is 0.241 e. The number of alkyl halides is 2. The van der Waals surface area contributed by atoms with Crippen LogP contribution in [0.25, 0.3) is 0 Å². The van der Waals surface area contributed by atoms with E-state index in [2.05, 4.69) is 34.3 Å². The van der Waals surface area contributed by atoms with Crippen LogP contribution in [-0.4, -0.2) is 61.8 Å². The van der Waals surface area contributed by atoms with Crippen LogP contribution in [0.3, 0.4) is 0 Å². The van der Waals surface area contributed by atoms with Gasteiger partial charge in [-0.15, -0.1) is 16.4 Å². The molecule has 10 heteroatoms. The molecule has 30 heavy (non-hydrogen) atoms. The van der Waals surface area contributed by atoms with Crippen LogP contribution in [0, 0.1) is 17.8 Å². The number of carbonyl (C=O) groups is 1. The minimum Gasteiger partial charge on any atom is -0.300 e. The second kappa shape index (κ2) is 10.4. The van der Waals surface area contributed by atoms with Gasteiger partial charge in [0.15, 0.2) is 0 Å². The third kappa shape index (κ3) is 5.85. The number of hydrogen-bond acceptors (Lipinski definition) is 5. The van der Waals surface area contributed by atoms with Gasteiger partial charge < -0.3 is 5.32 Å². The predicted molar refractivity (Wildman–Crippen MR) is 116 cm³/mol. The first-order valence-electron chi connectivity index (χ1n) is 11.3. The maximum absolute atomic E-state index is 14.8. The Morgan fingerprint density at radius 1 is 1.23 bits per heavy atom. The zero-order valence-corrected chi connectivity index (χ0v) is 19.5. The molecule has 0 aromatic carbocycles. The van der Waals surface area contributed by atoms with Crippen LogP contribution in [0.15, 0.2) is 0 Å². The Morgan fingerprint density at radius 3 is 2.60 bits per heavy atom. The number of hydrogen-bond donors (Lipinski definition) is 3. The first-order chi connectivity index (χ1) is 14.2. The molecule has 1 heterocycles. The van der Waals surface area contributed by atoms with E-state index in [1.54, 1.807) is 0 Å². The summed E-state index contributed by atoms with van der Waals surface area (Å²) in [6.45, 7) is 5.81. The fourth-order valence-electron chi connectivity index (χ4n) is 5.51. The van der Waals surface area contributed by atoms with Gasteiger partial charge in [-0.1, -0.05) is 26.2 Å². The topological polar surface area (TPSA) is 90.5 Å². The number of carbonyl (C=O) groups excluding carboxylic acids is 1. The summed E-state index contributed by atoms with van der Waals surface area (Å²) in [7, 11) is -3.65. The minimum absolute atomic E-state index is 0.00548. The molecule has 1 amide bonds. The van der Waals surface area contributed by atoms with Crippen molar-refractivity contribution in [3.63, 3.8) is 0 Å². The van der Waals surface area contributed by atoms with Crippen molar-refractivity contribution in [2.24, 2.45) is 17.8 Å². The Bertz CT molecular complexity index is 692. The van der Waals surface area contributed by atoms with Crippen LogP contribution >= 0.6 is 11.6 Å². The number of sulfonamides is 1. The highest BCUT2D eigenvalue weighted by Gasteiger charge is 2.47. The average molecular weight is 467 g/mol. The maximum atomic E-state index is 14.8. The Morgan fingerprint density at radius 2 is 1.93 bits per heavy atom. The summed E-state index contributed by atoms with van der Waals surface area (Å²) in [4.78, 5) is 17.2. The van der Waals surface area contributed by atoms with E-state index in [-0.39, 0.29) is 29.7 Å². The molecular formula is C20H36ClFN4O3S. The summed E-state index contributed by atoms with van der Waals surface area (Å²) in [6.07, 6.45) is 4.37. The standard InChI is InChI=1S/C20H36ClFN4O3S/c1-3-26-12-23-13(2)19(26)15-9-16(18(22)17(21)10-15)20(27)24-25-30(28,29)11-14-7-5-4-6-8-14/h13-19,23,25H,3-12H2,1-2H3,(H,24,27). The normalized spacial score (nSPS) is 36.7. The van der Waals surface area contributed by atoms with Gasteiger partial charge in [0, 0.05) is 18.8 Å². The molecule has 3 fully saturated rings. The lowest BCUT2D eigenvalue weighted by Crippen LogP contribution is -2.53. The SMILES string of the molecule is CCN1CNC(C)C1C1CC(Cl)C(F)C(C(=O)NNS(=O)(=O)CC2CCCCC2)C1. The fourth-order valence-corrected chi connectivity index (χ4v) is 7.21. The van der Waals surface area contributed by atoms with Crippen LogP contribution < -0.4 is 15.6 Å². The maximum Gasteiger partial charge on any atom is 0.241 e. The summed E-state index contributed by atoms with van der Waals surface area (Å²) in [6, 6.07) is 0.412. The molecular weight excluding hydrogens is 431 g/mol. The van der Waals surface area contributed by atoms with Gasteiger partial charge in [0.25, 0.3) is 0 Å². The number of nitrogens with zero attached hydrogens (tertiary/aromatic N) is 1. The van der Waals surface area contributed by atoms with Crippen molar-refractivity contribution in [3.05, 3.63) is 0 Å². The third-order valence-corrected chi connectivity index (χ3v) is 8.84. The Hall–Kier alpha value is -0.480. The second-order valence-corrected chi connectivity index (χ2v) is 11.5. The van der Waals surface area contributed by atoms with Gasteiger partial charge in [0.05, 0.1) is 17.0 Å². The number of halogens is 2. The van der Waals surface area contributed by atoms with E-state index < -0.39 is 33.4 Å². The molecule has 1 saturated heterocycles. The van der Waals surface area contributed by atoms with Gasteiger partial charge in [0.2, 0.25) is 15.9 Å². The van der Waals surface area contributed by atoms with Crippen molar-refractivity contribution >= 4 is 27.5 Å². The van der Waals surface area contributed by atoms with E-state index in [0.29, 0.717) is 12.8 Å². The molecule has 3 aliphatic rings. The number of rotatable bonds is 7. The molecule has 0 aromatic heterocycles. The molecule has 174 valence electrons. The number of likely N-dealkylation sites (N-methyl/N-ethyl adjacent to an activating group) is 1. The van der Waals surface area contributed by atoms with E-state index in [0.717, 1.165) is 45.3 Å². The second-order valence-electron chi connectivity index (χ2n) is 9.22. The predicted octanol–water partition coefficient (Wildman–Crippen LogP) is 2.13. The quantitative estimate of drug-likeness (QED) is 0.395. The zero-order valence-electron chi connectivity index (χ0n) is 17.9. The van der Waals surface area contributed by atoms with Crippen molar-refractivity contribution in [1.29, 1.82) is 0 Å². The highest BCUT2D eigenvalue weighted by molar-refractivity contribution is 7.89. The summed E-state index contributed by atoms with van der Waals surface area (Å²) in [5.41, 5.74) is 2.28. The van der Waals surface area contributed by atoms with Gasteiger partial charge in [-0.05, 0) is 51.0 Å². The van der Waals surface area contributed by atoms with Crippen LogP contribution in [0.2, 0.25) is 0 Å². The van der Waals surface area contributed by atoms with E-state index in [9.17, 15) is 17.6 Å². The Balaban J connectivity index is 1.59. The Kier molecular flexibility index (Phi) is 8.40. The molecule has 3 N–H and O–H groups in total. The van der Waals surface area contributed by atoms with Crippen LogP contribution in [0.4, 0.5) is 4.39 Å². The molecule has 3 rings (SSSR count). The molecule has 0 radical (unpaired) electrons. The first kappa shape index (κ1) is 24.2. The first-order valence-corrected chi connectivity index (χ1v) is 13.4. The number of amides is 1. The van der Waals surface area contributed by atoms with Crippen molar-refractivity contribution in [2.45, 2.75) is 82.4 Å². The molecule has 1 aliphatic heterocycles. The molecule has 2 aliphatic carbocycles. The lowest BCUT2D eigenvalue weighted by atomic mass is 9.74. The largest absolute Gasteiger partial charge is 0.300 e. The monoisotopic (exact) mass is 466 g/mol. The Labute approximate surface area is 184 Å². The van der Waals surface area contributed by atoms with Gasteiger partial charge in [-0.2, -0.15) is 0 Å². The lowest BCUT2D eigenvalue weighted by molar-refractivity contribution is -0.129. The molecule has 0 aromatic rings. The molecule has 0 spiro atoms. The number of nitrogens with one attached hydrogen (secondary N) is 3. The average Bonchev–Trinajstić information content (AvgIpc) is 3.09. The van der Waals surface area contributed by atoms with E-state index in [1.807, 2.05) is 0 Å². The highest BCUT2D eigenvalue weighted by atomic mass is 35.5. The van der Waals surface area contributed by atoms with Gasteiger partial charge in [-0.3, -0.25) is 15.1 Å². The summed E-state index contributed by atoms with van der Waals surface area (Å²) < 4.78 is 39.6. The van der Waals surface area contributed by atoms with Gasteiger partial charge >= 0.3 is 0 Å². The molecule has 2 saturated carbocycles. The minimum atomic E-state index is -3.65. The van der Waals surface area contributed by atoms with Crippen LogP contribution in [0.1, 0.15) is 58.8 Å². The van der Waals surface area contributed by atoms with Crippen molar-refractivity contribution in [1.82, 2.24) is 20.5 Å². The van der Waals surface area contributed by atoms with Crippen molar-refractivity contribution in [2.75, 3.05) is 19.0 Å². The molecule has 6 atom stereocenters. The van der Waals surface area contributed by atoms with Crippen LogP contribution in [-0.2, 0) is 14.8 Å². The lowest BCUT2D eigenvalue weighted by Gasteiger charge is -2.40. The molecule has 6 unspecified atom stereocenters. The summed E-state index contributed by atoms with van der Waals surface area (Å²) >= 11 is 6.30. The van der Waals surface area contributed by atoms with Gasteiger partial charge in [-0.25, -0.2) is 12.8 Å². The van der Waals surface area contributed by atoms with Gasteiger partial charge in [0.1, 0.15) is 6.17 Å². The van der Waals surface area contributed by atoms with E-state index >= 15 is 0 Å². The third-order valence-electron chi connectivity index (χ3n) is 7.10. The summed E-state index contributed by atoms with van der Waals surface area (Å²) in [5, 5.41) is 2.66. The van der Waals surface area contributed by atoms with E-state index in [4.69, 9.17) is 11.6 Å². The zero-order chi connectivity index (χ0) is 21.9. The van der Waals surface area contributed by atoms with Crippen molar-refractivity contribution in [3.8, 4) is 0 Å². The van der Waals surface area contributed by atoms with E-state index in [1.165, 1.54) is 0 Å². The summed E-state index contributed by atoms with van der Waals surface area (Å²) in [5.74, 6) is -1.42. The number of hydrazine groups is 1. The van der Waals surface area contributed by atoms with Crippen molar-refractivity contribution < 1.29 is 17.6 Å². The highest BCUT2D eigenvalue weighted by Crippen LogP contribution is 2.39. The van der Waals surface area contributed by atoms with Crippen LogP contribution in [0.5, 0.6) is 0 Å².